The molecule has 0 spiro atoms. The smallest absolute Gasteiger partial charge is 0.214 e. The number of halogens is 2. The van der Waals surface area contributed by atoms with E-state index in [1.807, 2.05) is 26.0 Å². The largest absolute Gasteiger partial charge is 0.487 e. The number of benzene rings is 2. The van der Waals surface area contributed by atoms with Crippen molar-refractivity contribution < 1.29 is 22.3 Å². The summed E-state index contributed by atoms with van der Waals surface area (Å²) < 4.78 is 48.5. The number of hydrogen-bond donors (Lipinski definition) is 2. The lowest BCUT2D eigenvalue weighted by atomic mass is 9.94. The summed E-state index contributed by atoms with van der Waals surface area (Å²) in [6.45, 7) is 4.42. The third-order valence-corrected chi connectivity index (χ3v) is 8.21. The zero-order valence-electron chi connectivity index (χ0n) is 23.0. The fourth-order valence-electron chi connectivity index (χ4n) is 4.61. The van der Waals surface area contributed by atoms with Crippen LogP contribution in [0, 0.1) is 11.7 Å². The van der Waals surface area contributed by atoms with Crippen molar-refractivity contribution in [1.82, 2.24) is 20.3 Å². The van der Waals surface area contributed by atoms with Gasteiger partial charge in [-0.1, -0.05) is 37.6 Å². The number of nitrogens with one attached hydrogen (secondary N) is 2. The van der Waals surface area contributed by atoms with Crippen LogP contribution in [-0.4, -0.2) is 41.3 Å². The first-order valence-corrected chi connectivity index (χ1v) is 14.7. The maximum absolute atomic E-state index is 13.5. The summed E-state index contributed by atoms with van der Waals surface area (Å²) in [6, 6.07) is 13.3. The molecular formula is C30H29ClFN5O4S. The summed E-state index contributed by atoms with van der Waals surface area (Å²) >= 11 is 6.50. The minimum Gasteiger partial charge on any atom is -0.487 e. The number of aromatic nitrogens is 3. The predicted octanol–water partition coefficient (Wildman–Crippen LogP) is 5.57. The number of ether oxygens (including phenoxy) is 2. The zero-order valence-corrected chi connectivity index (χ0v) is 24.5. The molecule has 218 valence electrons. The molecule has 0 bridgehead atoms. The van der Waals surface area contributed by atoms with Crippen molar-refractivity contribution in [3.05, 3.63) is 95.5 Å². The monoisotopic (exact) mass is 609 g/mol. The zero-order chi connectivity index (χ0) is 29.7. The van der Waals surface area contributed by atoms with E-state index in [-0.39, 0.29) is 24.9 Å². The number of anilines is 2. The molecule has 42 heavy (non-hydrogen) atoms. The van der Waals surface area contributed by atoms with E-state index in [0.29, 0.717) is 56.9 Å². The Morgan fingerprint density at radius 2 is 2.02 bits per heavy atom. The topological polar surface area (TPSA) is 115 Å². The van der Waals surface area contributed by atoms with Crippen molar-refractivity contribution in [2.45, 2.75) is 32.5 Å². The summed E-state index contributed by atoms with van der Waals surface area (Å²) in [5.74, 6) is 0.566. The molecule has 1 unspecified atom stereocenters. The molecule has 0 saturated heterocycles. The Morgan fingerprint density at radius 3 is 2.74 bits per heavy atom. The average molecular weight is 610 g/mol. The predicted molar refractivity (Wildman–Crippen MR) is 161 cm³/mol. The van der Waals surface area contributed by atoms with E-state index in [2.05, 4.69) is 25.6 Å². The second-order valence-electron chi connectivity index (χ2n) is 10.1. The van der Waals surface area contributed by atoms with Crippen LogP contribution in [0.1, 0.15) is 31.5 Å². The van der Waals surface area contributed by atoms with E-state index in [1.54, 1.807) is 42.8 Å². The molecule has 0 fully saturated rings. The van der Waals surface area contributed by atoms with Gasteiger partial charge in [-0.05, 0) is 54.0 Å². The minimum atomic E-state index is -2.27. The number of fused-ring (bicyclic) bond motifs is 1. The van der Waals surface area contributed by atoms with Crippen molar-refractivity contribution >= 4 is 49.2 Å². The van der Waals surface area contributed by atoms with E-state index in [9.17, 15) is 12.8 Å². The number of hydrogen-bond acceptors (Lipinski definition) is 9. The van der Waals surface area contributed by atoms with Crippen molar-refractivity contribution in [2.24, 2.45) is 5.92 Å². The molecule has 5 rings (SSSR count). The number of pyridine rings is 1. The van der Waals surface area contributed by atoms with Gasteiger partial charge in [-0.2, -0.15) is 8.42 Å². The van der Waals surface area contributed by atoms with Crippen molar-refractivity contribution in [3.8, 4) is 5.75 Å². The minimum absolute atomic E-state index is 0.110. The Morgan fingerprint density at radius 1 is 1.17 bits per heavy atom. The maximum atomic E-state index is 13.5. The Bertz CT molecular complexity index is 1770. The van der Waals surface area contributed by atoms with Gasteiger partial charge in [-0.15, -0.1) is 0 Å². The van der Waals surface area contributed by atoms with Crippen LogP contribution in [0.15, 0.2) is 73.4 Å². The van der Waals surface area contributed by atoms with Gasteiger partial charge in [0.15, 0.2) is 5.60 Å². The van der Waals surface area contributed by atoms with Gasteiger partial charge in [-0.25, -0.2) is 14.4 Å². The van der Waals surface area contributed by atoms with Gasteiger partial charge >= 0.3 is 0 Å². The highest BCUT2D eigenvalue weighted by molar-refractivity contribution is 7.73. The normalized spacial score (nSPS) is 16.0. The van der Waals surface area contributed by atoms with Crippen LogP contribution in [0.2, 0.25) is 5.02 Å². The molecule has 2 N–H and O–H groups in total. The molecule has 9 nitrogen and oxygen atoms in total. The quantitative estimate of drug-likeness (QED) is 0.211. The molecule has 0 amide bonds. The molecule has 12 heteroatoms. The van der Waals surface area contributed by atoms with Gasteiger partial charge in [0.25, 0.3) is 0 Å². The van der Waals surface area contributed by atoms with Crippen molar-refractivity contribution in [2.75, 3.05) is 18.4 Å². The lowest BCUT2D eigenvalue weighted by Gasteiger charge is -2.29. The Labute approximate surface area is 249 Å². The third kappa shape index (κ3) is 6.70. The molecule has 2 aromatic heterocycles. The van der Waals surface area contributed by atoms with E-state index in [4.69, 9.17) is 21.1 Å². The van der Waals surface area contributed by atoms with E-state index in [1.165, 1.54) is 18.5 Å². The molecule has 2 aromatic carbocycles. The first kappa shape index (κ1) is 29.4. The fourth-order valence-corrected chi connectivity index (χ4v) is 5.45. The summed E-state index contributed by atoms with van der Waals surface area (Å²) in [5, 5.41) is 7.63. The highest BCUT2D eigenvalue weighted by Crippen LogP contribution is 2.36. The lowest BCUT2D eigenvalue weighted by molar-refractivity contribution is 0.0384. The van der Waals surface area contributed by atoms with Gasteiger partial charge in [0.1, 0.15) is 30.3 Å². The standard InChI is InChI=1S/C30H29ClFN5O4S/c1-19(2)27(42(38)39)15-33-17-30(9-4-10-41-30)28-13-23-25(14-34-28)35-18-36-29(23)37-22-7-8-26(24(31)12-22)40-16-20-5-3-6-21(32)11-20/h3-8,10-14,18-19,33H,9,15-17H2,1-2H3,(H,35,36,37). The number of nitrogens with zero attached hydrogens (tertiary/aromatic N) is 3. The Hall–Kier alpha value is -4.06. The molecule has 0 saturated carbocycles. The van der Waals surface area contributed by atoms with Crippen LogP contribution >= 0.6 is 11.6 Å². The SMILES string of the molecule is CC(C)C(CNCC1(c2cc3c(Nc4ccc(OCc5cccc(F)c5)c(Cl)c4)ncnc3cn2)CC=CO1)=S(=O)=O. The lowest BCUT2D eigenvalue weighted by Crippen LogP contribution is -2.41. The van der Waals surface area contributed by atoms with Gasteiger partial charge in [0, 0.05) is 30.6 Å². The van der Waals surface area contributed by atoms with Crippen LogP contribution in [-0.2, 0) is 27.2 Å². The molecule has 0 aliphatic carbocycles. The first-order chi connectivity index (χ1) is 20.2. The van der Waals surface area contributed by atoms with Gasteiger partial charge < -0.3 is 20.1 Å². The first-order valence-electron chi connectivity index (χ1n) is 13.3. The molecular weight excluding hydrogens is 581 g/mol. The highest BCUT2D eigenvalue weighted by Gasteiger charge is 2.37. The maximum Gasteiger partial charge on any atom is 0.214 e. The van der Waals surface area contributed by atoms with Gasteiger partial charge in [-0.3, -0.25) is 4.98 Å². The van der Waals surface area contributed by atoms with Crippen molar-refractivity contribution in [3.63, 3.8) is 0 Å². The molecule has 1 aliphatic rings. The Kier molecular flexibility index (Phi) is 9.00. The second-order valence-corrected chi connectivity index (χ2v) is 11.5. The Balaban J connectivity index is 1.36. The van der Waals surface area contributed by atoms with Crippen LogP contribution in [0.25, 0.3) is 10.9 Å². The fraction of sp³-hybridized carbons (Fsp3) is 0.267. The van der Waals surface area contributed by atoms with Crippen LogP contribution in [0.4, 0.5) is 15.9 Å². The molecule has 0 radical (unpaired) electrons. The molecule has 4 aromatic rings. The van der Waals surface area contributed by atoms with Crippen LogP contribution < -0.4 is 15.4 Å². The number of rotatable bonds is 11. The van der Waals surface area contributed by atoms with Gasteiger partial charge in [0.2, 0.25) is 10.3 Å². The summed E-state index contributed by atoms with van der Waals surface area (Å²) in [6.07, 6.45) is 7.20. The van der Waals surface area contributed by atoms with E-state index in [0.717, 1.165) is 5.39 Å². The van der Waals surface area contributed by atoms with Crippen LogP contribution in [0.5, 0.6) is 5.75 Å². The third-order valence-electron chi connectivity index (χ3n) is 6.87. The molecule has 1 atom stereocenters. The average Bonchev–Trinajstić information content (AvgIpc) is 3.44. The van der Waals surface area contributed by atoms with Crippen LogP contribution in [0.3, 0.4) is 0 Å². The van der Waals surface area contributed by atoms with E-state index >= 15 is 0 Å². The summed E-state index contributed by atoms with van der Waals surface area (Å²) in [7, 11) is -2.27. The molecule has 3 heterocycles. The summed E-state index contributed by atoms with van der Waals surface area (Å²) in [5.41, 5.74) is 1.83. The van der Waals surface area contributed by atoms with E-state index < -0.39 is 15.9 Å². The van der Waals surface area contributed by atoms with Crippen molar-refractivity contribution in [1.29, 1.82) is 0 Å². The molecule has 1 aliphatic heterocycles. The highest BCUT2D eigenvalue weighted by atomic mass is 35.5. The summed E-state index contributed by atoms with van der Waals surface area (Å²) in [4.78, 5) is 13.8. The second kappa shape index (κ2) is 12.8. The van der Waals surface area contributed by atoms with Gasteiger partial charge in [0.05, 0.1) is 33.6 Å².